The van der Waals surface area contributed by atoms with Crippen LogP contribution in [-0.2, 0) is 0 Å². The summed E-state index contributed by atoms with van der Waals surface area (Å²) in [6.07, 6.45) is -1.16. The molecule has 5 heteroatoms. The van der Waals surface area contributed by atoms with Crippen LogP contribution in [0.15, 0.2) is 0 Å². The van der Waals surface area contributed by atoms with Crippen LogP contribution in [0, 0.1) is 0 Å². The number of rotatable bonds is 2. The smallest absolute Gasteiger partial charge is 0.122 e. The third-order valence-corrected chi connectivity index (χ3v) is 1.02. The highest BCUT2D eigenvalue weighted by molar-refractivity contribution is 5.85. The van der Waals surface area contributed by atoms with Crippen molar-refractivity contribution < 1.29 is 10.2 Å². The topological polar surface area (TPSA) is 92.5 Å². The lowest BCUT2D eigenvalue weighted by molar-refractivity contribution is 0.0583. The molecule has 0 aliphatic rings. The first-order valence-corrected chi connectivity index (χ1v) is 2.34. The zero-order valence-electron chi connectivity index (χ0n) is 5.24. The zero-order valence-corrected chi connectivity index (χ0v) is 6.06. The SMILES string of the molecule is CC(N)(CO)C(N)O.Cl. The average Bonchev–Trinajstić information content (AvgIpc) is 1.67. The van der Waals surface area contributed by atoms with E-state index in [1.165, 1.54) is 6.92 Å². The van der Waals surface area contributed by atoms with Gasteiger partial charge in [-0.05, 0) is 6.92 Å². The highest BCUT2D eigenvalue weighted by atomic mass is 35.5. The van der Waals surface area contributed by atoms with Gasteiger partial charge in [-0.3, -0.25) is 0 Å². The Bertz CT molecular complexity index is 77.0. The van der Waals surface area contributed by atoms with Crippen molar-refractivity contribution in [1.82, 2.24) is 0 Å². The van der Waals surface area contributed by atoms with Crippen molar-refractivity contribution in [2.45, 2.75) is 18.7 Å². The first-order chi connectivity index (χ1) is 3.50. The molecular weight excluding hydrogens is 144 g/mol. The first-order valence-electron chi connectivity index (χ1n) is 2.34. The number of aliphatic hydroxyl groups excluding tert-OH is 2. The second kappa shape index (κ2) is 4.03. The minimum absolute atomic E-state index is 0. The van der Waals surface area contributed by atoms with Gasteiger partial charge < -0.3 is 21.7 Å². The van der Waals surface area contributed by atoms with Gasteiger partial charge in [0.05, 0.1) is 12.1 Å². The molecule has 0 saturated carbocycles. The van der Waals surface area contributed by atoms with E-state index in [2.05, 4.69) is 0 Å². The monoisotopic (exact) mass is 156 g/mol. The summed E-state index contributed by atoms with van der Waals surface area (Å²) in [5, 5.41) is 17.0. The summed E-state index contributed by atoms with van der Waals surface area (Å²) in [4.78, 5) is 0. The van der Waals surface area contributed by atoms with Crippen LogP contribution in [-0.4, -0.2) is 28.6 Å². The molecule has 0 fully saturated rings. The highest BCUT2D eigenvalue weighted by Crippen LogP contribution is 1.97. The quantitative estimate of drug-likeness (QED) is 0.362. The maximum atomic E-state index is 8.57. The lowest BCUT2D eigenvalue weighted by Gasteiger charge is -2.24. The molecule has 2 atom stereocenters. The molecule has 0 aliphatic heterocycles. The van der Waals surface area contributed by atoms with Crippen molar-refractivity contribution in [2.24, 2.45) is 11.5 Å². The largest absolute Gasteiger partial charge is 0.394 e. The summed E-state index contributed by atoms with van der Waals surface area (Å²) >= 11 is 0. The van der Waals surface area contributed by atoms with E-state index in [9.17, 15) is 0 Å². The van der Waals surface area contributed by atoms with Crippen LogP contribution in [0.5, 0.6) is 0 Å². The fourth-order valence-electron chi connectivity index (χ4n) is 0.0935. The number of nitrogens with two attached hydrogens (primary N) is 2. The number of hydrogen-bond donors (Lipinski definition) is 4. The van der Waals surface area contributed by atoms with Gasteiger partial charge in [0.25, 0.3) is 0 Å². The molecule has 58 valence electrons. The minimum atomic E-state index is -1.16. The minimum Gasteiger partial charge on any atom is -0.394 e. The fourth-order valence-corrected chi connectivity index (χ4v) is 0.0935. The van der Waals surface area contributed by atoms with Crippen molar-refractivity contribution in [2.75, 3.05) is 6.61 Å². The molecule has 0 aromatic rings. The van der Waals surface area contributed by atoms with Crippen molar-refractivity contribution in [3.8, 4) is 0 Å². The lowest BCUT2D eigenvalue weighted by atomic mass is 10.0. The normalized spacial score (nSPS) is 19.7. The van der Waals surface area contributed by atoms with Gasteiger partial charge in [0.2, 0.25) is 0 Å². The molecular formula is C4H13ClN2O2. The Morgan fingerprint density at radius 3 is 2.00 bits per heavy atom. The Morgan fingerprint density at radius 2 is 2.00 bits per heavy atom. The second-order valence-corrected chi connectivity index (χ2v) is 2.11. The fraction of sp³-hybridized carbons (Fsp3) is 1.00. The molecule has 0 heterocycles. The van der Waals surface area contributed by atoms with Crippen molar-refractivity contribution in [3.63, 3.8) is 0 Å². The van der Waals surface area contributed by atoms with Crippen LogP contribution in [0.1, 0.15) is 6.92 Å². The highest BCUT2D eigenvalue weighted by Gasteiger charge is 2.23. The Labute approximate surface area is 60.3 Å². The number of aliphatic hydroxyl groups is 2. The van der Waals surface area contributed by atoms with E-state index in [-0.39, 0.29) is 19.0 Å². The van der Waals surface area contributed by atoms with Crippen molar-refractivity contribution >= 4 is 12.4 Å². The molecule has 0 spiro atoms. The summed E-state index contributed by atoms with van der Waals surface area (Å²) in [7, 11) is 0. The Kier molecular flexibility index (Phi) is 5.31. The van der Waals surface area contributed by atoms with Gasteiger partial charge in [0.15, 0.2) is 0 Å². The molecule has 0 rings (SSSR count). The average molecular weight is 157 g/mol. The zero-order chi connectivity index (χ0) is 6.78. The van der Waals surface area contributed by atoms with Gasteiger partial charge >= 0.3 is 0 Å². The van der Waals surface area contributed by atoms with Gasteiger partial charge in [-0.2, -0.15) is 0 Å². The van der Waals surface area contributed by atoms with Crippen LogP contribution < -0.4 is 11.5 Å². The van der Waals surface area contributed by atoms with Gasteiger partial charge in [-0.15, -0.1) is 12.4 Å². The molecule has 0 radical (unpaired) electrons. The summed E-state index contributed by atoms with van der Waals surface area (Å²) in [6.45, 7) is 1.16. The maximum Gasteiger partial charge on any atom is 0.122 e. The Morgan fingerprint density at radius 1 is 1.67 bits per heavy atom. The predicted octanol–water partition coefficient (Wildman–Crippen LogP) is -1.60. The first kappa shape index (κ1) is 11.9. The lowest BCUT2D eigenvalue weighted by Crippen LogP contribution is -2.55. The standard InChI is InChI=1S/C4H12N2O2.ClH/c1-4(6,2-7)3(5)8;/h3,7-8H,2,5-6H2,1H3;1H. The summed E-state index contributed by atoms with van der Waals surface area (Å²) in [5.74, 6) is 0. The molecule has 0 aliphatic carbocycles. The van der Waals surface area contributed by atoms with Crippen molar-refractivity contribution in [3.05, 3.63) is 0 Å². The Hall–Kier alpha value is 0.130. The number of hydrogen-bond acceptors (Lipinski definition) is 4. The van der Waals surface area contributed by atoms with Crippen LogP contribution in [0.3, 0.4) is 0 Å². The van der Waals surface area contributed by atoms with E-state index in [0.717, 1.165) is 0 Å². The third-order valence-electron chi connectivity index (χ3n) is 1.02. The Balaban J connectivity index is 0. The van der Waals surface area contributed by atoms with Gasteiger partial charge in [0.1, 0.15) is 6.23 Å². The van der Waals surface area contributed by atoms with Crippen LogP contribution in [0.2, 0.25) is 0 Å². The van der Waals surface area contributed by atoms with E-state index >= 15 is 0 Å². The van der Waals surface area contributed by atoms with Gasteiger partial charge in [0, 0.05) is 0 Å². The van der Waals surface area contributed by atoms with E-state index in [1.54, 1.807) is 0 Å². The number of halogens is 1. The maximum absolute atomic E-state index is 8.57. The van der Waals surface area contributed by atoms with E-state index < -0.39 is 11.8 Å². The van der Waals surface area contributed by atoms with Crippen LogP contribution in [0.25, 0.3) is 0 Å². The molecule has 6 N–H and O–H groups in total. The van der Waals surface area contributed by atoms with E-state index in [4.69, 9.17) is 21.7 Å². The third kappa shape index (κ3) is 3.66. The van der Waals surface area contributed by atoms with Gasteiger partial charge in [-0.1, -0.05) is 0 Å². The molecule has 0 amide bonds. The molecule has 0 aromatic carbocycles. The molecule has 4 nitrogen and oxygen atoms in total. The summed E-state index contributed by atoms with van der Waals surface area (Å²) < 4.78 is 0. The second-order valence-electron chi connectivity index (χ2n) is 2.11. The summed E-state index contributed by atoms with van der Waals surface area (Å²) in [6, 6.07) is 0. The molecule has 9 heavy (non-hydrogen) atoms. The van der Waals surface area contributed by atoms with E-state index in [0.29, 0.717) is 0 Å². The van der Waals surface area contributed by atoms with Crippen LogP contribution >= 0.6 is 12.4 Å². The van der Waals surface area contributed by atoms with Crippen LogP contribution in [0.4, 0.5) is 0 Å². The van der Waals surface area contributed by atoms with Gasteiger partial charge in [-0.25, -0.2) is 0 Å². The predicted molar refractivity (Wildman–Crippen MR) is 37.1 cm³/mol. The molecule has 0 bridgehead atoms. The molecule has 0 saturated heterocycles. The molecule has 2 unspecified atom stereocenters. The molecule has 0 aromatic heterocycles. The summed E-state index contributed by atoms with van der Waals surface area (Å²) in [5.41, 5.74) is 9.12. The van der Waals surface area contributed by atoms with E-state index in [1.807, 2.05) is 0 Å². The van der Waals surface area contributed by atoms with Crippen molar-refractivity contribution in [1.29, 1.82) is 0 Å².